The van der Waals surface area contributed by atoms with Gasteiger partial charge in [0.2, 0.25) is 5.91 Å². The summed E-state index contributed by atoms with van der Waals surface area (Å²) in [5, 5.41) is 7.83. The molecule has 0 saturated heterocycles. The molecule has 0 fully saturated rings. The normalized spacial score (nSPS) is 12.3. The number of hydrogen-bond acceptors (Lipinski definition) is 5. The molecule has 2 unspecified atom stereocenters. The largest absolute Gasteiger partial charge is 0.460 e. The van der Waals surface area contributed by atoms with E-state index in [2.05, 4.69) is 11.3 Å². The molecule has 0 aliphatic rings. The van der Waals surface area contributed by atoms with E-state index in [4.69, 9.17) is 28.3 Å². The van der Waals surface area contributed by atoms with Gasteiger partial charge in [0, 0.05) is 19.7 Å². The number of ether oxygens (including phenoxy) is 1. The van der Waals surface area contributed by atoms with Crippen LogP contribution in [-0.2, 0) is 19.1 Å². The van der Waals surface area contributed by atoms with E-state index in [1.54, 1.807) is 14.1 Å². The third kappa shape index (κ3) is 11.2. The highest BCUT2D eigenvalue weighted by molar-refractivity contribution is 6.41. The zero-order valence-electron chi connectivity index (χ0n) is 12.6. The summed E-state index contributed by atoms with van der Waals surface area (Å²) in [6.45, 7) is 6.12. The molecule has 21 heavy (non-hydrogen) atoms. The average Bonchev–Trinajstić information content (AvgIpc) is 2.42. The number of hydrogen-bond donors (Lipinski definition) is 1. The van der Waals surface area contributed by atoms with Crippen LogP contribution in [0.2, 0.25) is 0 Å². The van der Waals surface area contributed by atoms with Gasteiger partial charge < -0.3 is 14.7 Å². The van der Waals surface area contributed by atoms with Crippen LogP contribution in [0.3, 0.4) is 0 Å². The fourth-order valence-corrected chi connectivity index (χ4v) is 1.02. The monoisotopic (exact) mass is 341 g/mol. The molecular weight excluding hydrogens is 321 g/mol. The molecule has 1 N–H and O–H groups in total. The number of Topliss-reactive ketones (excluding diaryl/α,β-unsaturated/α-hetero) is 1. The van der Waals surface area contributed by atoms with Gasteiger partial charge in [-0.15, -0.1) is 23.2 Å². The predicted molar refractivity (Wildman–Crippen MR) is 81.5 cm³/mol. The van der Waals surface area contributed by atoms with Gasteiger partial charge in [-0.2, -0.15) is 0 Å². The number of rotatable bonds is 6. The number of alkyl halides is 2. The van der Waals surface area contributed by atoms with E-state index in [0.29, 0.717) is 5.57 Å². The van der Waals surface area contributed by atoms with Gasteiger partial charge >= 0.3 is 5.97 Å². The Bertz CT molecular complexity index is 385. The molecule has 0 aromatic rings. The first kappa shape index (κ1) is 22.2. The number of halogens is 2. The summed E-state index contributed by atoms with van der Waals surface area (Å²) in [7, 11) is 3.11. The second kappa shape index (κ2) is 11.5. The highest BCUT2D eigenvalue weighted by Gasteiger charge is 2.21. The van der Waals surface area contributed by atoms with Gasteiger partial charge in [0.1, 0.15) is 12.7 Å². The summed E-state index contributed by atoms with van der Waals surface area (Å²) < 4.78 is 4.58. The van der Waals surface area contributed by atoms with Crippen LogP contribution in [0.25, 0.3) is 0 Å². The van der Waals surface area contributed by atoms with Crippen molar-refractivity contribution in [2.75, 3.05) is 26.6 Å². The van der Waals surface area contributed by atoms with Crippen LogP contribution in [0.5, 0.6) is 0 Å². The number of carbonyl (C=O) groups is 3. The molecule has 0 saturated carbocycles. The third-order valence-electron chi connectivity index (χ3n) is 1.95. The average molecular weight is 342 g/mol. The number of esters is 1. The second-order valence-electron chi connectivity index (χ2n) is 4.39. The Morgan fingerprint density at radius 1 is 1.29 bits per heavy atom. The van der Waals surface area contributed by atoms with Crippen LogP contribution in [0.1, 0.15) is 13.8 Å². The topological polar surface area (TPSA) is 83.9 Å². The van der Waals surface area contributed by atoms with Crippen molar-refractivity contribution in [3.8, 4) is 0 Å². The zero-order valence-corrected chi connectivity index (χ0v) is 14.1. The summed E-state index contributed by atoms with van der Waals surface area (Å²) in [6.07, 6.45) is -0.792. The second-order valence-corrected chi connectivity index (χ2v) is 5.14. The minimum atomic E-state index is -1.02. The van der Waals surface area contributed by atoms with Gasteiger partial charge in [0.25, 0.3) is 0 Å². The molecule has 122 valence electrons. The van der Waals surface area contributed by atoms with Gasteiger partial charge in [-0.3, -0.25) is 9.59 Å². The molecule has 0 aromatic carbocycles. The van der Waals surface area contributed by atoms with Crippen molar-refractivity contribution in [2.24, 2.45) is 0 Å². The number of carbonyl (C=O) groups excluding carboxylic acids is 3. The lowest BCUT2D eigenvalue weighted by molar-refractivity contribution is -0.141. The molecule has 0 aliphatic heterocycles. The Morgan fingerprint density at radius 2 is 1.76 bits per heavy atom. The number of aliphatic hydroxyl groups excluding tert-OH is 1. The first-order valence-electron chi connectivity index (χ1n) is 5.96. The van der Waals surface area contributed by atoms with E-state index in [1.807, 2.05) is 0 Å². The lowest BCUT2D eigenvalue weighted by Gasteiger charge is -2.11. The highest BCUT2D eigenvalue weighted by atomic mass is 35.5. The van der Waals surface area contributed by atoms with Crippen molar-refractivity contribution in [1.82, 2.24) is 4.90 Å². The third-order valence-corrected chi connectivity index (χ3v) is 2.80. The van der Waals surface area contributed by atoms with Crippen molar-refractivity contribution < 1.29 is 24.2 Å². The lowest BCUT2D eigenvalue weighted by Crippen LogP contribution is -2.34. The zero-order chi connectivity index (χ0) is 17.2. The van der Waals surface area contributed by atoms with E-state index in [0.717, 1.165) is 0 Å². The molecule has 0 rings (SSSR count). The predicted octanol–water partition coefficient (Wildman–Crippen LogP) is 0.976. The summed E-state index contributed by atoms with van der Waals surface area (Å²) in [5.74, 6) is -1.13. The minimum Gasteiger partial charge on any atom is -0.460 e. The SMILES string of the molecule is C=C(C)C(=O)OCC(O)CCl.CC(=O)C(Cl)C(=O)N(C)C. The van der Waals surface area contributed by atoms with Crippen molar-refractivity contribution in [3.63, 3.8) is 0 Å². The number of amides is 1. The highest BCUT2D eigenvalue weighted by Crippen LogP contribution is 2.00. The van der Waals surface area contributed by atoms with Gasteiger partial charge in [-0.05, 0) is 13.8 Å². The molecule has 0 aromatic heterocycles. The van der Waals surface area contributed by atoms with Crippen LogP contribution < -0.4 is 0 Å². The Morgan fingerprint density at radius 3 is 2.00 bits per heavy atom. The van der Waals surface area contributed by atoms with Crippen LogP contribution in [0.15, 0.2) is 12.2 Å². The first-order chi connectivity index (χ1) is 9.54. The molecular formula is C13H21Cl2NO5. The summed E-state index contributed by atoms with van der Waals surface area (Å²) >= 11 is 10.7. The van der Waals surface area contributed by atoms with Crippen molar-refractivity contribution >= 4 is 40.9 Å². The maximum atomic E-state index is 10.9. The maximum absolute atomic E-state index is 10.9. The number of nitrogens with zero attached hydrogens (tertiary/aromatic N) is 1. The molecule has 0 spiro atoms. The van der Waals surface area contributed by atoms with Gasteiger partial charge in [0.05, 0.1) is 5.88 Å². The van der Waals surface area contributed by atoms with Crippen LogP contribution in [0, 0.1) is 0 Å². The Hall–Kier alpha value is -1.11. The maximum Gasteiger partial charge on any atom is 0.333 e. The van der Waals surface area contributed by atoms with E-state index < -0.39 is 17.5 Å². The molecule has 0 aliphatic carbocycles. The Labute approximate surface area is 134 Å². The molecule has 8 heteroatoms. The number of ketones is 1. The molecule has 0 bridgehead atoms. The van der Waals surface area contributed by atoms with Gasteiger partial charge in [-0.1, -0.05) is 6.58 Å². The smallest absolute Gasteiger partial charge is 0.333 e. The minimum absolute atomic E-state index is 0.0590. The number of aliphatic hydroxyl groups is 1. The summed E-state index contributed by atoms with van der Waals surface area (Å²) in [5.41, 5.74) is 0.312. The van der Waals surface area contributed by atoms with Crippen molar-refractivity contribution in [3.05, 3.63) is 12.2 Å². The van der Waals surface area contributed by atoms with E-state index >= 15 is 0 Å². The van der Waals surface area contributed by atoms with Crippen molar-refractivity contribution in [2.45, 2.75) is 25.3 Å². The molecule has 1 amide bonds. The quantitative estimate of drug-likeness (QED) is 0.337. The van der Waals surface area contributed by atoms with E-state index in [9.17, 15) is 14.4 Å². The molecule has 0 heterocycles. The lowest BCUT2D eigenvalue weighted by atomic mass is 10.3. The Kier molecular flexibility index (Phi) is 12.2. The summed E-state index contributed by atoms with van der Waals surface area (Å²) in [6, 6.07) is 0. The fraction of sp³-hybridized carbons (Fsp3) is 0.615. The summed E-state index contributed by atoms with van der Waals surface area (Å²) in [4.78, 5) is 33.3. The van der Waals surface area contributed by atoms with Crippen molar-refractivity contribution in [1.29, 1.82) is 0 Å². The van der Waals surface area contributed by atoms with Crippen LogP contribution >= 0.6 is 23.2 Å². The van der Waals surface area contributed by atoms with Crippen LogP contribution in [-0.4, -0.2) is 65.7 Å². The first-order valence-corrected chi connectivity index (χ1v) is 6.94. The molecule has 2 atom stereocenters. The standard InChI is InChI=1S/C7H11ClO3.C6H10ClNO2/c1-5(2)7(10)11-4-6(9)3-8;1-4(9)5(7)6(10)8(2)3/h6,9H,1,3-4H2,2H3;5H,1-3H3. The molecule has 6 nitrogen and oxygen atoms in total. The van der Waals surface area contributed by atoms with Crippen LogP contribution in [0.4, 0.5) is 0 Å². The van der Waals surface area contributed by atoms with Gasteiger partial charge in [0.15, 0.2) is 11.2 Å². The van der Waals surface area contributed by atoms with Gasteiger partial charge in [-0.25, -0.2) is 4.79 Å². The fourth-order valence-electron chi connectivity index (χ4n) is 0.740. The van der Waals surface area contributed by atoms with E-state index in [1.165, 1.54) is 18.7 Å². The van der Waals surface area contributed by atoms with E-state index in [-0.39, 0.29) is 24.2 Å². The Balaban J connectivity index is 0. The molecule has 0 radical (unpaired) electrons.